The number of ether oxygens (including phenoxy) is 1. The predicted molar refractivity (Wildman–Crippen MR) is 58.9 cm³/mol. The SMILES string of the molecule is N#Cc1ccccc1N1CC(C#N)OCC1=O. The predicted octanol–water partition coefficient (Wildman–Crippen LogP) is 0.814. The van der Waals surface area contributed by atoms with Crippen molar-refractivity contribution in [1.82, 2.24) is 0 Å². The molecule has 1 heterocycles. The highest BCUT2D eigenvalue weighted by Crippen LogP contribution is 2.22. The molecule has 17 heavy (non-hydrogen) atoms. The molecule has 1 saturated heterocycles. The smallest absolute Gasteiger partial charge is 0.253 e. The van der Waals surface area contributed by atoms with E-state index in [4.69, 9.17) is 15.3 Å². The Kier molecular flexibility index (Phi) is 3.04. The van der Waals surface area contributed by atoms with E-state index in [1.807, 2.05) is 12.1 Å². The van der Waals surface area contributed by atoms with Gasteiger partial charge in [0.15, 0.2) is 6.10 Å². The number of para-hydroxylation sites is 1. The molecule has 0 bridgehead atoms. The van der Waals surface area contributed by atoms with Gasteiger partial charge in [-0.1, -0.05) is 12.1 Å². The van der Waals surface area contributed by atoms with E-state index in [2.05, 4.69) is 0 Å². The maximum atomic E-state index is 11.7. The van der Waals surface area contributed by atoms with Gasteiger partial charge in [-0.05, 0) is 12.1 Å². The Balaban J connectivity index is 2.35. The maximum absolute atomic E-state index is 11.7. The van der Waals surface area contributed by atoms with Crippen molar-refractivity contribution in [3.8, 4) is 12.1 Å². The molecule has 1 aliphatic heterocycles. The van der Waals surface area contributed by atoms with Crippen LogP contribution in [0, 0.1) is 22.7 Å². The van der Waals surface area contributed by atoms with Crippen molar-refractivity contribution in [2.24, 2.45) is 0 Å². The van der Waals surface area contributed by atoms with Crippen LogP contribution in [0.5, 0.6) is 0 Å². The lowest BCUT2D eigenvalue weighted by atomic mass is 10.1. The Bertz CT molecular complexity index is 527. The average molecular weight is 227 g/mol. The molecular formula is C12H9N3O2. The van der Waals surface area contributed by atoms with E-state index in [1.165, 1.54) is 4.90 Å². The summed E-state index contributed by atoms with van der Waals surface area (Å²) in [5.74, 6) is -0.237. The molecule has 0 aromatic heterocycles. The minimum Gasteiger partial charge on any atom is -0.352 e. The number of carbonyl (C=O) groups is 1. The number of amides is 1. The number of rotatable bonds is 1. The first-order valence-corrected chi connectivity index (χ1v) is 5.07. The van der Waals surface area contributed by atoms with E-state index >= 15 is 0 Å². The van der Waals surface area contributed by atoms with Crippen molar-refractivity contribution in [2.45, 2.75) is 6.10 Å². The third-order valence-electron chi connectivity index (χ3n) is 2.52. The Hall–Kier alpha value is -2.37. The van der Waals surface area contributed by atoms with E-state index in [0.717, 1.165) is 0 Å². The number of anilines is 1. The molecule has 0 N–H and O–H groups in total. The molecular weight excluding hydrogens is 218 g/mol. The molecule has 1 aliphatic rings. The van der Waals surface area contributed by atoms with Crippen molar-refractivity contribution in [2.75, 3.05) is 18.1 Å². The van der Waals surface area contributed by atoms with E-state index in [1.54, 1.807) is 24.3 Å². The highest BCUT2D eigenvalue weighted by atomic mass is 16.5. The summed E-state index contributed by atoms with van der Waals surface area (Å²) < 4.78 is 5.03. The molecule has 1 aromatic carbocycles. The van der Waals surface area contributed by atoms with Gasteiger partial charge in [0, 0.05) is 0 Å². The number of carbonyl (C=O) groups excluding carboxylic acids is 1. The Morgan fingerprint density at radius 3 is 2.82 bits per heavy atom. The van der Waals surface area contributed by atoms with Gasteiger partial charge in [-0.15, -0.1) is 0 Å². The number of hydrogen-bond donors (Lipinski definition) is 0. The molecule has 0 radical (unpaired) electrons. The lowest BCUT2D eigenvalue weighted by Crippen LogP contribution is -2.46. The zero-order chi connectivity index (χ0) is 12.3. The molecule has 5 nitrogen and oxygen atoms in total. The van der Waals surface area contributed by atoms with Crippen molar-refractivity contribution in [1.29, 1.82) is 10.5 Å². The first-order valence-electron chi connectivity index (χ1n) is 5.07. The van der Waals surface area contributed by atoms with Gasteiger partial charge in [-0.2, -0.15) is 10.5 Å². The first-order chi connectivity index (χ1) is 8.26. The highest BCUT2D eigenvalue weighted by Gasteiger charge is 2.28. The van der Waals surface area contributed by atoms with Crippen LogP contribution < -0.4 is 4.90 Å². The van der Waals surface area contributed by atoms with Gasteiger partial charge < -0.3 is 9.64 Å². The summed E-state index contributed by atoms with van der Waals surface area (Å²) in [6, 6.07) is 10.8. The van der Waals surface area contributed by atoms with Crippen LogP contribution in [0.15, 0.2) is 24.3 Å². The minimum atomic E-state index is -0.639. The lowest BCUT2D eigenvalue weighted by molar-refractivity contribution is -0.127. The summed E-state index contributed by atoms with van der Waals surface area (Å²) in [5, 5.41) is 17.8. The second-order valence-corrected chi connectivity index (χ2v) is 3.56. The fourth-order valence-corrected chi connectivity index (χ4v) is 1.68. The molecule has 1 fully saturated rings. The van der Waals surface area contributed by atoms with Crippen LogP contribution in [0.25, 0.3) is 0 Å². The topological polar surface area (TPSA) is 77.1 Å². The van der Waals surface area contributed by atoms with Gasteiger partial charge in [0.2, 0.25) is 0 Å². The maximum Gasteiger partial charge on any atom is 0.253 e. The molecule has 1 aromatic rings. The van der Waals surface area contributed by atoms with Crippen molar-refractivity contribution >= 4 is 11.6 Å². The molecule has 1 atom stereocenters. The monoisotopic (exact) mass is 227 g/mol. The fourth-order valence-electron chi connectivity index (χ4n) is 1.68. The Morgan fingerprint density at radius 2 is 2.12 bits per heavy atom. The van der Waals surface area contributed by atoms with Gasteiger partial charge in [-0.3, -0.25) is 4.79 Å². The quantitative estimate of drug-likeness (QED) is 0.711. The molecule has 5 heteroatoms. The van der Waals surface area contributed by atoms with E-state index in [0.29, 0.717) is 11.3 Å². The van der Waals surface area contributed by atoms with Crippen LogP contribution in [0.2, 0.25) is 0 Å². The van der Waals surface area contributed by atoms with Crippen LogP contribution in [-0.4, -0.2) is 25.2 Å². The summed E-state index contributed by atoms with van der Waals surface area (Å²) in [5.41, 5.74) is 0.947. The molecule has 84 valence electrons. The summed E-state index contributed by atoms with van der Waals surface area (Å²) in [7, 11) is 0. The van der Waals surface area contributed by atoms with Crippen molar-refractivity contribution in [3.63, 3.8) is 0 Å². The van der Waals surface area contributed by atoms with Crippen LogP contribution in [-0.2, 0) is 9.53 Å². The van der Waals surface area contributed by atoms with Crippen molar-refractivity contribution in [3.05, 3.63) is 29.8 Å². The van der Waals surface area contributed by atoms with Crippen LogP contribution in [0.3, 0.4) is 0 Å². The summed E-state index contributed by atoms with van der Waals surface area (Å²) in [6.07, 6.45) is -0.639. The summed E-state index contributed by atoms with van der Waals surface area (Å²) in [4.78, 5) is 13.1. The summed E-state index contributed by atoms with van der Waals surface area (Å²) in [6.45, 7) is 0.0337. The largest absolute Gasteiger partial charge is 0.352 e. The van der Waals surface area contributed by atoms with Crippen LogP contribution in [0.4, 0.5) is 5.69 Å². The van der Waals surface area contributed by atoms with Gasteiger partial charge in [-0.25, -0.2) is 0 Å². The number of nitrogens with zero attached hydrogens (tertiary/aromatic N) is 3. The minimum absolute atomic E-state index is 0.127. The lowest BCUT2D eigenvalue weighted by Gasteiger charge is -2.30. The highest BCUT2D eigenvalue weighted by molar-refractivity contribution is 5.96. The molecule has 0 aliphatic carbocycles. The molecule has 2 rings (SSSR count). The fraction of sp³-hybridized carbons (Fsp3) is 0.250. The second kappa shape index (κ2) is 4.65. The van der Waals surface area contributed by atoms with Gasteiger partial charge in [0.05, 0.1) is 23.9 Å². The van der Waals surface area contributed by atoms with Gasteiger partial charge in [0.1, 0.15) is 12.7 Å². The average Bonchev–Trinajstić information content (AvgIpc) is 2.39. The normalized spacial score (nSPS) is 19.5. The molecule has 1 unspecified atom stereocenters. The van der Waals surface area contributed by atoms with Crippen LogP contribution >= 0.6 is 0 Å². The molecule has 0 spiro atoms. The van der Waals surface area contributed by atoms with Crippen molar-refractivity contribution < 1.29 is 9.53 Å². The van der Waals surface area contributed by atoms with E-state index in [-0.39, 0.29) is 19.1 Å². The van der Waals surface area contributed by atoms with E-state index in [9.17, 15) is 4.79 Å². The third-order valence-corrected chi connectivity index (χ3v) is 2.52. The first kappa shape index (κ1) is 11.1. The molecule has 0 saturated carbocycles. The zero-order valence-electron chi connectivity index (χ0n) is 8.96. The second-order valence-electron chi connectivity index (χ2n) is 3.56. The standard InChI is InChI=1S/C12H9N3O2/c13-5-9-3-1-2-4-11(9)15-7-10(6-14)17-8-12(15)16/h1-4,10H,7-8H2. The number of hydrogen-bond acceptors (Lipinski definition) is 4. The number of morpholine rings is 1. The van der Waals surface area contributed by atoms with Crippen LogP contribution in [0.1, 0.15) is 5.56 Å². The Morgan fingerprint density at radius 1 is 1.35 bits per heavy atom. The Labute approximate surface area is 98.4 Å². The number of nitriles is 2. The van der Waals surface area contributed by atoms with E-state index < -0.39 is 6.10 Å². The number of benzene rings is 1. The summed E-state index contributed by atoms with van der Waals surface area (Å²) >= 11 is 0. The zero-order valence-corrected chi connectivity index (χ0v) is 8.96. The third kappa shape index (κ3) is 2.10. The van der Waals surface area contributed by atoms with Gasteiger partial charge in [0.25, 0.3) is 5.91 Å². The molecule has 1 amide bonds. The van der Waals surface area contributed by atoms with Gasteiger partial charge >= 0.3 is 0 Å².